The molecule has 0 saturated heterocycles. The van der Waals surface area contributed by atoms with Crippen molar-refractivity contribution in [3.8, 4) is 0 Å². The molecule has 0 fully saturated rings. The van der Waals surface area contributed by atoms with Crippen LogP contribution in [0.5, 0.6) is 0 Å². The zero-order valence-electron chi connectivity index (χ0n) is 12.7. The fraction of sp³-hybridized carbons (Fsp3) is 0.267. The van der Waals surface area contributed by atoms with Crippen molar-refractivity contribution in [2.24, 2.45) is 5.73 Å². The van der Waals surface area contributed by atoms with Gasteiger partial charge in [0.15, 0.2) is 11.0 Å². The summed E-state index contributed by atoms with van der Waals surface area (Å²) in [5.41, 5.74) is 7.82. The number of carbonyl (C=O) groups excluding carboxylic acids is 1. The second kappa shape index (κ2) is 6.62. The number of carbonyl (C=O) groups is 1. The molecule has 1 aromatic heterocycles. The van der Waals surface area contributed by atoms with Crippen LogP contribution in [-0.2, 0) is 6.54 Å². The summed E-state index contributed by atoms with van der Waals surface area (Å²) in [4.78, 5) is 15.4. The van der Waals surface area contributed by atoms with Crippen molar-refractivity contribution in [1.29, 1.82) is 0 Å². The highest BCUT2D eigenvalue weighted by molar-refractivity contribution is 6.29. The van der Waals surface area contributed by atoms with Crippen LogP contribution in [0.4, 0.5) is 11.5 Å². The average molecular weight is 320 g/mol. The van der Waals surface area contributed by atoms with Gasteiger partial charge < -0.3 is 15.5 Å². The number of benzene rings is 1. The van der Waals surface area contributed by atoms with E-state index in [4.69, 9.17) is 17.3 Å². The van der Waals surface area contributed by atoms with E-state index in [-0.39, 0.29) is 10.7 Å². The SMILES string of the molecule is CN(C)c1cccc(CN(C)c2nnc(Cl)cc2C(N)=O)c1. The zero-order valence-corrected chi connectivity index (χ0v) is 13.5. The summed E-state index contributed by atoms with van der Waals surface area (Å²) in [6.07, 6.45) is 0. The monoisotopic (exact) mass is 319 g/mol. The molecule has 6 nitrogen and oxygen atoms in total. The number of hydrogen-bond acceptors (Lipinski definition) is 5. The van der Waals surface area contributed by atoms with Crippen LogP contribution in [0.1, 0.15) is 15.9 Å². The smallest absolute Gasteiger partial charge is 0.252 e. The highest BCUT2D eigenvalue weighted by Crippen LogP contribution is 2.21. The van der Waals surface area contributed by atoms with Crippen molar-refractivity contribution in [1.82, 2.24) is 10.2 Å². The summed E-state index contributed by atoms with van der Waals surface area (Å²) in [5.74, 6) is -0.173. The van der Waals surface area contributed by atoms with E-state index in [0.29, 0.717) is 12.4 Å². The number of anilines is 2. The Morgan fingerprint density at radius 1 is 1.23 bits per heavy atom. The van der Waals surface area contributed by atoms with E-state index in [1.165, 1.54) is 6.07 Å². The first-order chi connectivity index (χ1) is 10.4. The second-order valence-corrected chi connectivity index (χ2v) is 5.58. The predicted octanol–water partition coefficient (Wildman–Crippen LogP) is 1.93. The fourth-order valence-corrected chi connectivity index (χ4v) is 2.25. The first-order valence-corrected chi connectivity index (χ1v) is 7.06. The second-order valence-electron chi connectivity index (χ2n) is 5.19. The predicted molar refractivity (Wildman–Crippen MR) is 88.4 cm³/mol. The summed E-state index contributed by atoms with van der Waals surface area (Å²) < 4.78 is 0. The molecule has 2 aromatic rings. The fourth-order valence-electron chi connectivity index (χ4n) is 2.11. The number of primary amides is 1. The lowest BCUT2D eigenvalue weighted by molar-refractivity contribution is 0.1000. The third kappa shape index (κ3) is 3.65. The lowest BCUT2D eigenvalue weighted by atomic mass is 10.1. The van der Waals surface area contributed by atoms with Crippen molar-refractivity contribution in [2.45, 2.75) is 6.54 Å². The van der Waals surface area contributed by atoms with Crippen LogP contribution in [0.3, 0.4) is 0 Å². The molecule has 0 spiro atoms. The quantitative estimate of drug-likeness (QED) is 0.911. The van der Waals surface area contributed by atoms with E-state index in [1.807, 2.05) is 49.1 Å². The molecule has 0 saturated carbocycles. The molecule has 0 bridgehead atoms. The third-order valence-electron chi connectivity index (χ3n) is 3.22. The molecule has 116 valence electrons. The normalized spacial score (nSPS) is 10.4. The topological polar surface area (TPSA) is 75.3 Å². The minimum atomic E-state index is -0.583. The number of amides is 1. The molecule has 1 heterocycles. The summed E-state index contributed by atoms with van der Waals surface area (Å²) in [5, 5.41) is 7.91. The lowest BCUT2D eigenvalue weighted by Gasteiger charge is -2.21. The van der Waals surface area contributed by atoms with Gasteiger partial charge in [-0.15, -0.1) is 10.2 Å². The van der Waals surface area contributed by atoms with Crippen LogP contribution in [-0.4, -0.2) is 37.2 Å². The summed E-state index contributed by atoms with van der Waals surface area (Å²) in [6.45, 7) is 0.568. The molecule has 2 rings (SSSR count). The van der Waals surface area contributed by atoms with Gasteiger partial charge in [-0.25, -0.2) is 0 Å². The van der Waals surface area contributed by atoms with Gasteiger partial charge >= 0.3 is 0 Å². The largest absolute Gasteiger partial charge is 0.378 e. The molecule has 1 amide bonds. The summed E-state index contributed by atoms with van der Waals surface area (Å²) in [6, 6.07) is 9.53. The molecule has 2 N–H and O–H groups in total. The maximum atomic E-state index is 11.5. The molecule has 0 unspecified atom stereocenters. The Hall–Kier alpha value is -2.34. The van der Waals surface area contributed by atoms with E-state index in [0.717, 1.165) is 11.3 Å². The van der Waals surface area contributed by atoms with Gasteiger partial charge in [-0.2, -0.15) is 0 Å². The van der Waals surface area contributed by atoms with Gasteiger partial charge in [-0.3, -0.25) is 4.79 Å². The molecule has 0 atom stereocenters. The lowest BCUT2D eigenvalue weighted by Crippen LogP contribution is -2.24. The average Bonchev–Trinajstić information content (AvgIpc) is 2.47. The van der Waals surface area contributed by atoms with Gasteiger partial charge in [-0.05, 0) is 23.8 Å². The van der Waals surface area contributed by atoms with Crippen molar-refractivity contribution in [2.75, 3.05) is 30.9 Å². The first kappa shape index (κ1) is 16.0. The van der Waals surface area contributed by atoms with Crippen LogP contribution in [0, 0.1) is 0 Å². The number of hydrogen-bond donors (Lipinski definition) is 1. The number of nitrogens with two attached hydrogens (primary N) is 1. The zero-order chi connectivity index (χ0) is 16.3. The van der Waals surface area contributed by atoms with Crippen LogP contribution >= 0.6 is 11.6 Å². The Bertz CT molecular complexity index is 689. The van der Waals surface area contributed by atoms with Crippen molar-refractivity contribution < 1.29 is 4.79 Å². The van der Waals surface area contributed by atoms with Crippen LogP contribution < -0.4 is 15.5 Å². The Labute approximate surface area is 134 Å². The maximum absolute atomic E-state index is 11.5. The highest BCUT2D eigenvalue weighted by atomic mass is 35.5. The van der Waals surface area contributed by atoms with E-state index in [1.54, 1.807) is 0 Å². The van der Waals surface area contributed by atoms with Crippen molar-refractivity contribution in [3.05, 3.63) is 46.6 Å². The molecule has 22 heavy (non-hydrogen) atoms. The van der Waals surface area contributed by atoms with Crippen LogP contribution in [0.15, 0.2) is 30.3 Å². The summed E-state index contributed by atoms with van der Waals surface area (Å²) in [7, 11) is 5.80. The number of aromatic nitrogens is 2. The molecule has 0 aliphatic carbocycles. The summed E-state index contributed by atoms with van der Waals surface area (Å²) >= 11 is 5.78. The highest BCUT2D eigenvalue weighted by Gasteiger charge is 2.16. The van der Waals surface area contributed by atoms with E-state index >= 15 is 0 Å². The van der Waals surface area contributed by atoms with Gasteiger partial charge in [0.2, 0.25) is 0 Å². The molecule has 7 heteroatoms. The van der Waals surface area contributed by atoms with E-state index in [2.05, 4.69) is 16.3 Å². The maximum Gasteiger partial charge on any atom is 0.252 e. The van der Waals surface area contributed by atoms with Gasteiger partial charge in [0.1, 0.15) is 0 Å². The van der Waals surface area contributed by atoms with Gasteiger partial charge in [0.05, 0.1) is 5.56 Å². The van der Waals surface area contributed by atoms with E-state index < -0.39 is 5.91 Å². The van der Waals surface area contributed by atoms with Crippen LogP contribution in [0.25, 0.3) is 0 Å². The van der Waals surface area contributed by atoms with Gasteiger partial charge in [0.25, 0.3) is 5.91 Å². The van der Waals surface area contributed by atoms with Crippen LogP contribution in [0.2, 0.25) is 5.15 Å². The van der Waals surface area contributed by atoms with Gasteiger partial charge in [0, 0.05) is 33.4 Å². The molecular weight excluding hydrogens is 302 g/mol. The number of halogens is 1. The van der Waals surface area contributed by atoms with E-state index in [9.17, 15) is 4.79 Å². The van der Waals surface area contributed by atoms with Gasteiger partial charge in [-0.1, -0.05) is 23.7 Å². The van der Waals surface area contributed by atoms with Crippen molar-refractivity contribution in [3.63, 3.8) is 0 Å². The minimum absolute atomic E-state index is 0.139. The Balaban J connectivity index is 2.28. The number of nitrogens with zero attached hydrogens (tertiary/aromatic N) is 4. The Kier molecular flexibility index (Phi) is 4.82. The van der Waals surface area contributed by atoms with Crippen molar-refractivity contribution >= 4 is 29.0 Å². The standard InChI is InChI=1S/C15H18ClN5O/c1-20(2)11-6-4-5-10(7-11)9-21(3)15-12(14(17)22)8-13(16)18-19-15/h4-8H,9H2,1-3H3,(H2,17,22). The molecular formula is C15H18ClN5O. The Morgan fingerprint density at radius 2 is 1.95 bits per heavy atom. The first-order valence-electron chi connectivity index (χ1n) is 6.69. The number of rotatable bonds is 5. The molecule has 0 aliphatic rings. The Morgan fingerprint density at radius 3 is 2.59 bits per heavy atom. The molecule has 0 radical (unpaired) electrons. The third-order valence-corrected chi connectivity index (χ3v) is 3.40. The minimum Gasteiger partial charge on any atom is -0.378 e. The molecule has 0 aliphatic heterocycles. The molecule has 1 aromatic carbocycles.